The van der Waals surface area contributed by atoms with Crippen molar-refractivity contribution in [1.82, 2.24) is 19.5 Å². The zero-order valence-corrected chi connectivity index (χ0v) is 32.6. The van der Waals surface area contributed by atoms with E-state index in [1.165, 1.54) is 16.8 Å². The molecule has 1 saturated heterocycles. The molecule has 15 heteroatoms. The van der Waals surface area contributed by atoms with E-state index < -0.39 is 52.4 Å². The van der Waals surface area contributed by atoms with Gasteiger partial charge >= 0.3 is 14.3 Å². The Labute approximate surface area is 288 Å². The van der Waals surface area contributed by atoms with Crippen molar-refractivity contribution in [2.24, 2.45) is 0 Å². The van der Waals surface area contributed by atoms with Crippen molar-refractivity contribution in [1.29, 1.82) is 0 Å². The number of ether oxygens (including phenoxy) is 1. The van der Waals surface area contributed by atoms with Gasteiger partial charge in [0.25, 0.3) is 14.1 Å². The number of hydrogen-bond acceptors (Lipinski definition) is 9. The van der Waals surface area contributed by atoms with E-state index in [-0.39, 0.29) is 48.8 Å². The van der Waals surface area contributed by atoms with Crippen LogP contribution in [-0.4, -0.2) is 84.9 Å². The molecule has 1 aromatic heterocycles. The standard InChI is InChI=1S/C33H58N5O8PSi/c1-14-29(39)35-16-15-33(11,12)46-48(24(6)7,25(8)9)43-21-28-27(19-30(44-28)37-20-26(10)31(40)36-32(37)41)45-47(42-18-17-34-13)38(22(2)3)23(4)5/h14,20,22-25,27-28,30H,1,15-19,21H2,2-12H3,(H,35,39)(H,36,40,41)/t27-,28-,30-,47?/m1/s1. The maximum Gasteiger partial charge on any atom is 0.343 e. The Balaban J connectivity index is 2.48. The van der Waals surface area contributed by atoms with E-state index in [4.69, 9.17) is 29.2 Å². The lowest BCUT2D eigenvalue weighted by Gasteiger charge is -2.44. The number of amides is 1. The minimum atomic E-state index is -2.97. The minimum Gasteiger partial charge on any atom is -0.391 e. The van der Waals surface area contributed by atoms with E-state index >= 15 is 0 Å². The van der Waals surface area contributed by atoms with E-state index in [0.717, 1.165) is 0 Å². The number of nitrogens with one attached hydrogen (secondary N) is 2. The highest BCUT2D eigenvalue weighted by Crippen LogP contribution is 2.50. The predicted octanol–water partition coefficient (Wildman–Crippen LogP) is 5.57. The maximum atomic E-state index is 12.9. The molecule has 0 aliphatic carbocycles. The summed E-state index contributed by atoms with van der Waals surface area (Å²) in [6, 6.07) is 0.186. The fraction of sp³-hybridized carbons (Fsp3) is 0.758. The number of rotatable bonds is 20. The lowest BCUT2D eigenvalue weighted by molar-refractivity contribution is -0.116. The topological polar surface area (TPSA) is 138 Å². The largest absolute Gasteiger partial charge is 0.391 e. The van der Waals surface area contributed by atoms with Crippen molar-refractivity contribution in [3.8, 4) is 0 Å². The number of hydrogen-bond donors (Lipinski definition) is 2. The predicted molar refractivity (Wildman–Crippen MR) is 191 cm³/mol. The summed E-state index contributed by atoms with van der Waals surface area (Å²) in [7, 11) is -4.59. The summed E-state index contributed by atoms with van der Waals surface area (Å²) in [6.45, 7) is 34.1. The van der Waals surface area contributed by atoms with Crippen LogP contribution >= 0.6 is 8.53 Å². The van der Waals surface area contributed by atoms with Gasteiger partial charge in [-0.25, -0.2) is 16.0 Å². The quantitative estimate of drug-likeness (QED) is 0.0585. The van der Waals surface area contributed by atoms with Gasteiger partial charge in [0.05, 0.1) is 18.3 Å². The third kappa shape index (κ3) is 11.4. The zero-order chi connectivity index (χ0) is 36.4. The fourth-order valence-electron chi connectivity index (χ4n) is 5.86. The van der Waals surface area contributed by atoms with Crippen LogP contribution in [0.25, 0.3) is 4.85 Å². The second-order valence-electron chi connectivity index (χ2n) is 14.0. The number of H-pyrrole nitrogens is 1. The van der Waals surface area contributed by atoms with Gasteiger partial charge in [0.15, 0.2) is 0 Å². The molecule has 13 nitrogen and oxygen atoms in total. The SMILES string of the molecule is [C-]#[N+]CCOP(O[C@@H]1C[C@H](n2cc(C)c(=O)[nH]c2=O)O[C@@H]1CO[Si](OC(C)(C)CCNC(=O)C=C)(C(C)C)C(C)C)N(C(C)C)C(C)C. The Morgan fingerprint density at radius 1 is 1.23 bits per heavy atom. The lowest BCUT2D eigenvalue weighted by atomic mass is 10.1. The summed E-state index contributed by atoms with van der Waals surface area (Å²) in [6.07, 6.45) is 1.76. The molecule has 2 rings (SSSR count). The van der Waals surface area contributed by atoms with Crippen molar-refractivity contribution in [3.63, 3.8) is 0 Å². The first kappa shape index (κ1) is 42.0. The average Bonchev–Trinajstić information content (AvgIpc) is 3.38. The molecule has 1 unspecified atom stereocenters. The van der Waals surface area contributed by atoms with Crippen LogP contribution in [-0.2, 0) is 27.4 Å². The summed E-state index contributed by atoms with van der Waals surface area (Å²) in [5.41, 5.74) is -1.11. The number of aromatic nitrogens is 2. The third-order valence-corrected chi connectivity index (χ3v) is 15.1. The molecular weight excluding hydrogens is 653 g/mol. The normalized spacial score (nSPS) is 19.4. The molecule has 4 atom stereocenters. The van der Waals surface area contributed by atoms with E-state index in [0.29, 0.717) is 24.9 Å². The van der Waals surface area contributed by atoms with Crippen molar-refractivity contribution in [3.05, 3.63) is 56.7 Å². The highest BCUT2D eigenvalue weighted by Gasteiger charge is 2.50. The van der Waals surface area contributed by atoms with Crippen molar-refractivity contribution in [2.45, 2.75) is 136 Å². The number of aromatic amines is 1. The van der Waals surface area contributed by atoms with Crippen LogP contribution < -0.4 is 16.6 Å². The molecule has 1 fully saturated rings. The molecule has 0 bridgehead atoms. The zero-order valence-electron chi connectivity index (χ0n) is 30.7. The van der Waals surface area contributed by atoms with Gasteiger partial charge in [0.1, 0.15) is 18.9 Å². The molecular formula is C33H58N5O8PSi. The van der Waals surface area contributed by atoms with Gasteiger partial charge in [-0.1, -0.05) is 34.3 Å². The summed E-state index contributed by atoms with van der Waals surface area (Å²) in [4.78, 5) is 42.7. The molecule has 1 aliphatic rings. The van der Waals surface area contributed by atoms with Gasteiger partial charge < -0.3 is 32.8 Å². The van der Waals surface area contributed by atoms with Gasteiger partial charge in [-0.15, -0.1) is 0 Å². The smallest absolute Gasteiger partial charge is 0.343 e. The second kappa shape index (κ2) is 18.7. The number of aryl methyl sites for hydroxylation is 1. The molecule has 1 amide bonds. The highest BCUT2D eigenvalue weighted by molar-refractivity contribution is 7.44. The Bertz CT molecular complexity index is 1340. The third-order valence-electron chi connectivity index (χ3n) is 8.24. The van der Waals surface area contributed by atoms with E-state index in [1.807, 2.05) is 13.8 Å². The number of carbonyl (C=O) groups is 1. The molecule has 2 heterocycles. The minimum absolute atomic E-state index is 0.0621. The molecule has 0 radical (unpaired) electrons. The van der Waals surface area contributed by atoms with E-state index in [9.17, 15) is 14.4 Å². The van der Waals surface area contributed by atoms with Gasteiger partial charge in [-0.05, 0) is 72.0 Å². The lowest BCUT2D eigenvalue weighted by Crippen LogP contribution is -2.55. The van der Waals surface area contributed by atoms with Crippen LogP contribution in [0.2, 0.25) is 11.1 Å². The summed E-state index contributed by atoms with van der Waals surface area (Å²) < 4.78 is 37.0. The van der Waals surface area contributed by atoms with Crippen LogP contribution in [0.3, 0.4) is 0 Å². The van der Waals surface area contributed by atoms with E-state index in [1.54, 1.807) is 6.92 Å². The fourth-order valence-corrected chi connectivity index (χ4v) is 11.5. The number of carbonyl (C=O) groups excluding carboxylic acids is 1. The summed E-state index contributed by atoms with van der Waals surface area (Å²) >= 11 is 0. The summed E-state index contributed by atoms with van der Waals surface area (Å²) in [5.74, 6) is -0.236. The number of nitrogens with zero attached hydrogens (tertiary/aromatic N) is 3. The monoisotopic (exact) mass is 711 g/mol. The van der Waals surface area contributed by atoms with Crippen molar-refractivity contribution >= 4 is 23.0 Å². The highest BCUT2D eigenvalue weighted by atomic mass is 31.2. The molecule has 0 spiro atoms. The Morgan fingerprint density at radius 2 is 1.85 bits per heavy atom. The molecule has 1 aliphatic heterocycles. The van der Waals surface area contributed by atoms with Crippen molar-refractivity contribution < 1.29 is 27.4 Å². The van der Waals surface area contributed by atoms with Gasteiger partial charge in [0, 0.05) is 36.8 Å². The Hall–Kier alpha value is -2.21. The Morgan fingerprint density at radius 3 is 2.40 bits per heavy atom. The van der Waals surface area contributed by atoms with Crippen LogP contribution in [0.5, 0.6) is 0 Å². The van der Waals surface area contributed by atoms with Crippen LogP contribution in [0.1, 0.15) is 93.9 Å². The molecule has 272 valence electrons. The van der Waals surface area contributed by atoms with Crippen LogP contribution in [0.4, 0.5) is 0 Å². The van der Waals surface area contributed by atoms with Crippen LogP contribution in [0, 0.1) is 13.5 Å². The molecule has 2 N–H and O–H groups in total. The molecule has 48 heavy (non-hydrogen) atoms. The molecule has 0 saturated carbocycles. The van der Waals surface area contributed by atoms with Gasteiger partial charge in [-0.2, -0.15) is 0 Å². The van der Waals surface area contributed by atoms with Gasteiger partial charge in [-0.3, -0.25) is 19.1 Å². The van der Waals surface area contributed by atoms with E-state index in [2.05, 4.69) is 81.8 Å². The molecule has 0 aromatic carbocycles. The average molecular weight is 712 g/mol. The first-order chi connectivity index (χ1) is 22.4. The first-order valence-corrected chi connectivity index (χ1v) is 19.9. The maximum absolute atomic E-state index is 12.9. The summed E-state index contributed by atoms with van der Waals surface area (Å²) in [5, 5.41) is 2.83. The first-order valence-electron chi connectivity index (χ1n) is 16.8. The second-order valence-corrected chi connectivity index (χ2v) is 19.6. The van der Waals surface area contributed by atoms with Crippen molar-refractivity contribution in [2.75, 3.05) is 26.3 Å². The molecule has 1 aromatic rings. The van der Waals surface area contributed by atoms with Gasteiger partial charge in [0.2, 0.25) is 12.5 Å². The van der Waals surface area contributed by atoms with Crippen LogP contribution in [0.15, 0.2) is 28.4 Å². The Kier molecular flexibility index (Phi) is 16.3.